The Morgan fingerprint density at radius 2 is 1.14 bits per heavy atom. The molecule has 36 heavy (non-hydrogen) atoms. The van der Waals surface area contributed by atoms with E-state index in [1.54, 1.807) is 0 Å². The van der Waals surface area contributed by atoms with Crippen LogP contribution < -0.4 is 0 Å². The van der Waals surface area contributed by atoms with Crippen LogP contribution >= 0.6 is 0 Å². The second-order valence-corrected chi connectivity index (χ2v) is 16.0. The Kier molecular flexibility index (Phi) is 14.1. The smallest absolute Gasteiger partial charge is 0.258 e. The Labute approximate surface area is 217 Å². The molecule has 0 aromatic heterocycles. The van der Waals surface area contributed by atoms with Crippen molar-refractivity contribution in [2.24, 2.45) is 0 Å². The van der Waals surface area contributed by atoms with E-state index >= 15 is 0 Å². The predicted octanol–water partition coefficient (Wildman–Crippen LogP) is 5.63. The van der Waals surface area contributed by atoms with Crippen molar-refractivity contribution >= 4 is 35.2 Å². The lowest BCUT2D eigenvalue weighted by Crippen LogP contribution is -2.16. The Morgan fingerprint density at radius 3 is 1.56 bits per heavy atom. The van der Waals surface area contributed by atoms with Crippen molar-refractivity contribution in [1.29, 1.82) is 0 Å². The Balaban J connectivity index is 2.50. The highest BCUT2D eigenvalue weighted by Crippen LogP contribution is 2.29. The van der Waals surface area contributed by atoms with Crippen molar-refractivity contribution < 1.29 is 30.2 Å². The number of hydrogen-bond acceptors (Lipinski definition) is 8. The zero-order chi connectivity index (χ0) is 27.2. The van der Waals surface area contributed by atoms with E-state index in [2.05, 4.69) is 6.92 Å². The van der Waals surface area contributed by atoms with Gasteiger partial charge < -0.3 is 0 Å². The van der Waals surface area contributed by atoms with E-state index in [4.69, 9.17) is 0 Å². The van der Waals surface area contributed by atoms with Crippen LogP contribution in [-0.4, -0.2) is 47.3 Å². The first-order valence-electron chi connectivity index (χ1n) is 12.7. The highest BCUT2D eigenvalue weighted by Gasteiger charge is 2.29. The Morgan fingerprint density at radius 1 is 0.694 bits per heavy atom. The first-order chi connectivity index (χ1) is 16.8. The molecule has 0 fully saturated rings. The van der Waals surface area contributed by atoms with Crippen molar-refractivity contribution in [3.8, 4) is 0 Å². The molecule has 0 atom stereocenters. The summed E-state index contributed by atoms with van der Waals surface area (Å²) in [5.74, 6) is -0.276. The second-order valence-electron chi connectivity index (χ2n) is 9.46. The van der Waals surface area contributed by atoms with Crippen molar-refractivity contribution in [3.05, 3.63) is 28.3 Å². The SMILES string of the molecule is CCCCCCCCCCCCCCCCS(=O)(=O)c1ccc(S(=O)(=O)CS(C)(=O)=O)cc1[N+](=O)[O-]. The third-order valence-electron chi connectivity index (χ3n) is 5.96. The minimum absolute atomic E-state index is 0.276. The van der Waals surface area contributed by atoms with Crippen LogP contribution in [0.5, 0.6) is 0 Å². The molecule has 0 amide bonds. The lowest BCUT2D eigenvalue weighted by molar-refractivity contribution is -0.388. The number of unbranched alkanes of at least 4 members (excludes halogenated alkanes) is 13. The molecule has 0 aliphatic heterocycles. The molecule has 0 aliphatic rings. The van der Waals surface area contributed by atoms with Gasteiger partial charge in [-0.3, -0.25) is 10.1 Å². The van der Waals surface area contributed by atoms with Gasteiger partial charge in [0.05, 0.1) is 15.6 Å². The molecule has 0 bridgehead atoms. The van der Waals surface area contributed by atoms with Crippen LogP contribution in [0.1, 0.15) is 96.8 Å². The van der Waals surface area contributed by atoms with E-state index in [1.165, 1.54) is 57.8 Å². The molecule has 0 saturated heterocycles. The van der Waals surface area contributed by atoms with Crippen LogP contribution in [0.4, 0.5) is 5.69 Å². The molecule has 0 heterocycles. The van der Waals surface area contributed by atoms with Crippen molar-refractivity contribution in [1.82, 2.24) is 0 Å². The summed E-state index contributed by atoms with van der Waals surface area (Å²) in [5, 5.41) is 10.2. The van der Waals surface area contributed by atoms with Gasteiger partial charge in [-0.15, -0.1) is 0 Å². The average Bonchev–Trinajstić information content (AvgIpc) is 2.77. The monoisotopic (exact) mass is 567 g/mol. The fourth-order valence-corrected chi connectivity index (χ4v) is 8.94. The van der Waals surface area contributed by atoms with E-state index in [0.29, 0.717) is 18.9 Å². The normalized spacial score (nSPS) is 12.6. The van der Waals surface area contributed by atoms with E-state index < -0.39 is 55.0 Å². The lowest BCUT2D eigenvalue weighted by atomic mass is 10.0. The van der Waals surface area contributed by atoms with Crippen LogP contribution in [0, 0.1) is 10.1 Å². The van der Waals surface area contributed by atoms with E-state index in [0.717, 1.165) is 37.7 Å². The molecule has 0 aliphatic carbocycles. The number of rotatable bonds is 20. The zero-order valence-corrected chi connectivity index (χ0v) is 23.9. The van der Waals surface area contributed by atoms with Crippen LogP contribution in [-0.2, 0) is 29.5 Å². The molecule has 0 spiro atoms. The molecule has 1 rings (SSSR count). The summed E-state index contributed by atoms with van der Waals surface area (Å²) in [6, 6.07) is 2.41. The topological polar surface area (TPSA) is 146 Å². The second kappa shape index (κ2) is 15.7. The summed E-state index contributed by atoms with van der Waals surface area (Å²) in [7, 11) is -12.3. The lowest BCUT2D eigenvalue weighted by Gasteiger charge is -2.08. The standard InChI is InChI=1S/C24H41NO8S3/c1-3-4-5-6-7-8-9-10-11-12-13-14-15-16-19-35(30,31)24-18-17-22(20-23(24)25(26)27)36(32,33)21-34(2,28)29/h17-18,20H,3-16,19,21H2,1-2H3. The minimum atomic E-state index is -4.37. The fraction of sp³-hybridized carbons (Fsp3) is 0.750. The number of hydrogen-bond donors (Lipinski definition) is 0. The van der Waals surface area contributed by atoms with Crippen molar-refractivity contribution in [2.45, 2.75) is 107 Å². The summed E-state index contributed by atoms with van der Waals surface area (Å²) < 4.78 is 72.7. The average molecular weight is 568 g/mol. The van der Waals surface area contributed by atoms with Crippen molar-refractivity contribution in [2.75, 3.05) is 17.1 Å². The number of nitro groups is 1. The Bertz CT molecular complexity index is 1140. The number of nitro benzene ring substituents is 1. The van der Waals surface area contributed by atoms with Crippen LogP contribution in [0.2, 0.25) is 0 Å². The van der Waals surface area contributed by atoms with Gasteiger partial charge in [-0.25, -0.2) is 25.3 Å². The zero-order valence-electron chi connectivity index (χ0n) is 21.5. The highest BCUT2D eigenvalue weighted by atomic mass is 32.3. The maximum absolute atomic E-state index is 12.7. The molecule has 9 nitrogen and oxygen atoms in total. The molecular formula is C24H41NO8S3. The van der Waals surface area contributed by atoms with Gasteiger partial charge in [-0.2, -0.15) is 0 Å². The maximum Gasteiger partial charge on any atom is 0.289 e. The minimum Gasteiger partial charge on any atom is -0.258 e. The number of nitrogens with zero attached hydrogens (tertiary/aromatic N) is 1. The first-order valence-corrected chi connectivity index (χ1v) is 18.1. The molecule has 0 unspecified atom stereocenters. The van der Waals surface area contributed by atoms with Gasteiger partial charge in [-0.05, 0) is 18.6 Å². The third-order valence-corrected chi connectivity index (χ3v) is 11.7. The molecular weight excluding hydrogens is 526 g/mol. The van der Waals surface area contributed by atoms with E-state index in [1.807, 2.05) is 0 Å². The highest BCUT2D eigenvalue weighted by molar-refractivity contribution is 8.07. The summed E-state index contributed by atoms with van der Waals surface area (Å²) >= 11 is 0. The van der Waals surface area contributed by atoms with Crippen LogP contribution in [0.3, 0.4) is 0 Å². The van der Waals surface area contributed by atoms with Gasteiger partial charge in [0.25, 0.3) is 5.69 Å². The van der Waals surface area contributed by atoms with Crippen LogP contribution in [0.25, 0.3) is 0 Å². The van der Waals surface area contributed by atoms with E-state index in [-0.39, 0.29) is 5.75 Å². The number of sulfone groups is 3. The van der Waals surface area contributed by atoms with Gasteiger partial charge in [0.15, 0.2) is 34.6 Å². The maximum atomic E-state index is 12.7. The predicted molar refractivity (Wildman–Crippen MR) is 142 cm³/mol. The van der Waals surface area contributed by atoms with Gasteiger partial charge in [0.2, 0.25) is 0 Å². The quantitative estimate of drug-likeness (QED) is 0.112. The van der Waals surface area contributed by atoms with Gasteiger partial charge >= 0.3 is 0 Å². The summed E-state index contributed by atoms with van der Waals surface area (Å²) in [6.45, 7) is 2.22. The molecule has 208 valence electrons. The van der Waals surface area contributed by atoms with Crippen LogP contribution in [0.15, 0.2) is 28.0 Å². The van der Waals surface area contributed by atoms with Crippen molar-refractivity contribution in [3.63, 3.8) is 0 Å². The first kappa shape index (κ1) is 32.5. The van der Waals surface area contributed by atoms with Gasteiger partial charge in [0.1, 0.15) is 4.90 Å². The Hall–Kier alpha value is -1.53. The molecule has 0 N–H and O–H groups in total. The third kappa shape index (κ3) is 12.6. The molecule has 12 heteroatoms. The molecule has 1 aromatic carbocycles. The van der Waals surface area contributed by atoms with Gasteiger partial charge in [0, 0.05) is 12.3 Å². The summed E-state index contributed by atoms with van der Waals surface area (Å²) in [6.07, 6.45) is 16.3. The van der Waals surface area contributed by atoms with E-state index in [9.17, 15) is 35.4 Å². The summed E-state index contributed by atoms with van der Waals surface area (Å²) in [5.41, 5.74) is -0.866. The number of benzene rings is 1. The van der Waals surface area contributed by atoms with Gasteiger partial charge in [-0.1, -0.05) is 90.4 Å². The molecule has 0 saturated carbocycles. The molecule has 1 aromatic rings. The fourth-order valence-electron chi connectivity index (χ4n) is 4.04. The largest absolute Gasteiger partial charge is 0.289 e. The summed E-state index contributed by atoms with van der Waals surface area (Å²) in [4.78, 5) is 9.34. The molecule has 0 radical (unpaired) electrons.